The summed E-state index contributed by atoms with van der Waals surface area (Å²) in [6.07, 6.45) is 3.52. The third kappa shape index (κ3) is 4.58. The molecule has 0 bridgehead atoms. The standard InChI is InChI=1S/C26H27NO6/c1-4-30-25(28)20-14-27(17(3)18-9-7-6-8-10-18)15-21(26(29)31-5-2)24(20)19-11-12-22-23(13-19)33-16-32-22/h6-15,17,24H,4-5,16H2,1-3H3. The number of hydrogen-bond acceptors (Lipinski definition) is 7. The predicted octanol–water partition coefficient (Wildman–Crippen LogP) is 4.47. The molecule has 172 valence electrons. The number of fused-ring (bicyclic) bond motifs is 1. The molecule has 1 unspecified atom stereocenters. The molecule has 7 heteroatoms. The van der Waals surface area contributed by atoms with Crippen molar-refractivity contribution in [2.24, 2.45) is 0 Å². The SMILES string of the molecule is CCOC(=O)C1=CN(C(C)c2ccccc2)C=C(C(=O)OCC)C1c1ccc2c(c1)OCO2. The Morgan fingerprint density at radius 2 is 1.55 bits per heavy atom. The van der Waals surface area contributed by atoms with Gasteiger partial charge in [0.2, 0.25) is 6.79 Å². The van der Waals surface area contributed by atoms with E-state index in [1.807, 2.05) is 48.2 Å². The van der Waals surface area contributed by atoms with Crippen molar-refractivity contribution in [2.75, 3.05) is 20.0 Å². The summed E-state index contributed by atoms with van der Waals surface area (Å²) < 4.78 is 21.7. The predicted molar refractivity (Wildman–Crippen MR) is 121 cm³/mol. The molecule has 0 spiro atoms. The Labute approximate surface area is 193 Å². The van der Waals surface area contributed by atoms with Crippen molar-refractivity contribution in [3.63, 3.8) is 0 Å². The van der Waals surface area contributed by atoms with E-state index in [1.165, 1.54) is 0 Å². The molecule has 0 fully saturated rings. The molecular formula is C26H27NO6. The molecule has 0 radical (unpaired) electrons. The molecule has 0 aromatic heterocycles. The smallest absolute Gasteiger partial charge is 0.336 e. The van der Waals surface area contributed by atoms with Crippen LogP contribution in [0.25, 0.3) is 0 Å². The van der Waals surface area contributed by atoms with Crippen molar-refractivity contribution < 1.29 is 28.5 Å². The molecule has 7 nitrogen and oxygen atoms in total. The highest BCUT2D eigenvalue weighted by atomic mass is 16.7. The van der Waals surface area contributed by atoms with Gasteiger partial charge in [0.05, 0.1) is 36.3 Å². The molecule has 0 N–H and O–H groups in total. The average Bonchev–Trinajstić information content (AvgIpc) is 3.31. The second-order valence-corrected chi connectivity index (χ2v) is 7.69. The van der Waals surface area contributed by atoms with Crippen LogP contribution in [0.4, 0.5) is 0 Å². The summed E-state index contributed by atoms with van der Waals surface area (Å²) in [4.78, 5) is 28.0. The Morgan fingerprint density at radius 3 is 2.15 bits per heavy atom. The Bertz CT molecular complexity index is 1060. The number of benzene rings is 2. The van der Waals surface area contributed by atoms with Gasteiger partial charge < -0.3 is 23.8 Å². The van der Waals surface area contributed by atoms with Gasteiger partial charge in [-0.15, -0.1) is 0 Å². The first kappa shape index (κ1) is 22.5. The number of carbonyl (C=O) groups excluding carboxylic acids is 2. The van der Waals surface area contributed by atoms with Crippen LogP contribution in [0.1, 0.15) is 43.9 Å². The third-order valence-electron chi connectivity index (χ3n) is 5.68. The van der Waals surface area contributed by atoms with Gasteiger partial charge in [0, 0.05) is 12.4 Å². The summed E-state index contributed by atoms with van der Waals surface area (Å²) in [6.45, 7) is 6.09. The first-order chi connectivity index (χ1) is 16.0. The summed E-state index contributed by atoms with van der Waals surface area (Å²) in [7, 11) is 0. The molecule has 2 aromatic carbocycles. The molecular weight excluding hydrogens is 422 g/mol. The summed E-state index contributed by atoms with van der Waals surface area (Å²) in [5.41, 5.74) is 2.45. The van der Waals surface area contributed by atoms with Crippen molar-refractivity contribution in [3.8, 4) is 11.5 Å². The van der Waals surface area contributed by atoms with Crippen LogP contribution < -0.4 is 9.47 Å². The van der Waals surface area contributed by atoms with Gasteiger partial charge in [-0.25, -0.2) is 9.59 Å². The van der Waals surface area contributed by atoms with E-state index in [2.05, 4.69) is 0 Å². The Kier molecular flexibility index (Phi) is 6.68. The number of nitrogens with zero attached hydrogens (tertiary/aromatic N) is 1. The molecule has 2 aromatic rings. The van der Waals surface area contributed by atoms with Gasteiger partial charge >= 0.3 is 11.9 Å². The monoisotopic (exact) mass is 449 g/mol. The maximum absolute atomic E-state index is 13.1. The van der Waals surface area contributed by atoms with Gasteiger partial charge in [-0.1, -0.05) is 36.4 Å². The summed E-state index contributed by atoms with van der Waals surface area (Å²) in [5, 5.41) is 0. The van der Waals surface area contributed by atoms with Gasteiger partial charge in [-0.05, 0) is 44.0 Å². The summed E-state index contributed by atoms with van der Waals surface area (Å²) >= 11 is 0. The van der Waals surface area contributed by atoms with Crippen molar-refractivity contribution >= 4 is 11.9 Å². The van der Waals surface area contributed by atoms with E-state index in [9.17, 15) is 9.59 Å². The van der Waals surface area contributed by atoms with Crippen molar-refractivity contribution in [3.05, 3.63) is 83.2 Å². The normalized spacial score (nSPS) is 16.0. The van der Waals surface area contributed by atoms with Gasteiger partial charge in [-0.3, -0.25) is 0 Å². The Morgan fingerprint density at radius 1 is 0.939 bits per heavy atom. The maximum Gasteiger partial charge on any atom is 0.336 e. The quantitative estimate of drug-likeness (QED) is 0.578. The highest BCUT2D eigenvalue weighted by Gasteiger charge is 2.37. The zero-order valence-electron chi connectivity index (χ0n) is 18.9. The molecule has 1 atom stereocenters. The molecule has 0 saturated heterocycles. The van der Waals surface area contributed by atoms with Gasteiger partial charge in [0.1, 0.15) is 0 Å². The van der Waals surface area contributed by atoms with Gasteiger partial charge in [0.25, 0.3) is 0 Å². The Hall–Kier alpha value is -3.74. The maximum atomic E-state index is 13.1. The molecule has 4 rings (SSSR count). The first-order valence-electron chi connectivity index (χ1n) is 11.0. The van der Waals surface area contributed by atoms with Crippen LogP contribution in [-0.2, 0) is 19.1 Å². The molecule has 33 heavy (non-hydrogen) atoms. The topological polar surface area (TPSA) is 74.3 Å². The fourth-order valence-corrected chi connectivity index (χ4v) is 4.02. The van der Waals surface area contributed by atoms with E-state index < -0.39 is 17.9 Å². The van der Waals surface area contributed by atoms with E-state index in [4.69, 9.17) is 18.9 Å². The zero-order chi connectivity index (χ0) is 23.4. The molecule has 0 amide bonds. The van der Waals surface area contributed by atoms with Crippen LogP contribution in [0.2, 0.25) is 0 Å². The van der Waals surface area contributed by atoms with Crippen LogP contribution in [0.15, 0.2) is 72.1 Å². The second kappa shape index (κ2) is 9.81. The number of esters is 2. The van der Waals surface area contributed by atoms with Crippen LogP contribution in [0, 0.1) is 0 Å². The van der Waals surface area contributed by atoms with E-state index in [0.717, 1.165) is 5.56 Å². The lowest BCUT2D eigenvalue weighted by Crippen LogP contribution is -2.30. The summed E-state index contributed by atoms with van der Waals surface area (Å²) in [5.74, 6) is -0.450. The van der Waals surface area contributed by atoms with E-state index in [-0.39, 0.29) is 26.0 Å². The van der Waals surface area contributed by atoms with Crippen LogP contribution in [0.3, 0.4) is 0 Å². The molecule has 0 saturated carbocycles. The molecule has 0 aliphatic carbocycles. The summed E-state index contributed by atoms with van der Waals surface area (Å²) in [6, 6.07) is 15.1. The minimum Gasteiger partial charge on any atom is -0.463 e. The highest BCUT2D eigenvalue weighted by molar-refractivity contribution is 5.98. The highest BCUT2D eigenvalue weighted by Crippen LogP contribution is 2.43. The lowest BCUT2D eigenvalue weighted by molar-refractivity contribution is -0.139. The van der Waals surface area contributed by atoms with E-state index in [1.54, 1.807) is 38.4 Å². The van der Waals surface area contributed by atoms with Crippen molar-refractivity contribution in [1.82, 2.24) is 4.90 Å². The minimum atomic E-state index is -0.670. The lowest BCUT2D eigenvalue weighted by Gasteiger charge is -2.34. The Balaban J connectivity index is 1.82. The van der Waals surface area contributed by atoms with Gasteiger partial charge in [-0.2, -0.15) is 0 Å². The number of hydrogen-bond donors (Lipinski definition) is 0. The fourth-order valence-electron chi connectivity index (χ4n) is 4.02. The first-order valence-corrected chi connectivity index (χ1v) is 11.0. The van der Waals surface area contributed by atoms with E-state index >= 15 is 0 Å². The number of carbonyl (C=O) groups is 2. The van der Waals surface area contributed by atoms with Crippen LogP contribution in [-0.4, -0.2) is 36.8 Å². The van der Waals surface area contributed by atoms with Gasteiger partial charge in [0.15, 0.2) is 11.5 Å². The molecule has 2 heterocycles. The number of ether oxygens (including phenoxy) is 4. The minimum absolute atomic E-state index is 0.127. The van der Waals surface area contributed by atoms with Crippen molar-refractivity contribution in [1.29, 1.82) is 0 Å². The largest absolute Gasteiger partial charge is 0.463 e. The fraction of sp³-hybridized carbons (Fsp3) is 0.308. The molecule has 2 aliphatic heterocycles. The van der Waals surface area contributed by atoms with E-state index in [0.29, 0.717) is 28.2 Å². The number of rotatable bonds is 7. The van der Waals surface area contributed by atoms with Crippen molar-refractivity contribution in [2.45, 2.75) is 32.7 Å². The molecule has 2 aliphatic rings. The third-order valence-corrected chi connectivity index (χ3v) is 5.68. The van der Waals surface area contributed by atoms with Crippen LogP contribution in [0.5, 0.6) is 11.5 Å². The zero-order valence-corrected chi connectivity index (χ0v) is 18.9. The second-order valence-electron chi connectivity index (χ2n) is 7.69. The average molecular weight is 450 g/mol. The van der Waals surface area contributed by atoms with Crippen LogP contribution >= 0.6 is 0 Å². The lowest BCUT2D eigenvalue weighted by atomic mass is 9.82.